The Morgan fingerprint density at radius 1 is 0.711 bits per heavy atom. The van der Waals surface area contributed by atoms with Gasteiger partial charge in [0.15, 0.2) is 16.6 Å². The topological polar surface area (TPSA) is 61.8 Å². The van der Waals surface area contributed by atoms with E-state index in [0.29, 0.717) is 22.8 Å². The Morgan fingerprint density at radius 2 is 1.11 bits per heavy atom. The highest BCUT2D eigenvalue weighted by molar-refractivity contribution is 7.93. The summed E-state index contributed by atoms with van der Waals surface area (Å²) in [5.41, 5.74) is 2.65. The van der Waals surface area contributed by atoms with Crippen LogP contribution < -0.4 is 10.6 Å². The van der Waals surface area contributed by atoms with Crippen LogP contribution in [0.3, 0.4) is 0 Å². The normalized spacial score (nSPS) is 13.0. The Labute approximate surface area is 231 Å². The molecule has 204 valence electrons. The third-order valence-corrected chi connectivity index (χ3v) is 17.2. The fraction of sp³-hybridized carbons (Fsp3) is 0.345. The van der Waals surface area contributed by atoms with Crippen LogP contribution >= 0.6 is 7.14 Å². The van der Waals surface area contributed by atoms with E-state index in [1.807, 2.05) is 68.9 Å². The van der Waals surface area contributed by atoms with Crippen LogP contribution in [0.2, 0.25) is 45.8 Å². The van der Waals surface area contributed by atoms with Crippen LogP contribution in [-0.4, -0.2) is 31.0 Å². The molecule has 9 heteroatoms. The lowest BCUT2D eigenvalue weighted by Gasteiger charge is -2.37. The fourth-order valence-electron chi connectivity index (χ4n) is 4.70. The van der Waals surface area contributed by atoms with Gasteiger partial charge in [-0.2, -0.15) is 0 Å². The summed E-state index contributed by atoms with van der Waals surface area (Å²) in [7, 11) is -10.3. The summed E-state index contributed by atoms with van der Waals surface area (Å²) in [5.74, 6) is 0. The van der Waals surface area contributed by atoms with Gasteiger partial charge in [0.25, 0.3) is 0 Å². The van der Waals surface area contributed by atoms with Crippen molar-refractivity contribution < 1.29 is 22.0 Å². The summed E-state index contributed by atoms with van der Waals surface area (Å²) in [6.07, 6.45) is 0. The van der Waals surface area contributed by atoms with Crippen LogP contribution in [0.25, 0.3) is 0 Å². The van der Waals surface area contributed by atoms with Crippen molar-refractivity contribution in [1.82, 2.24) is 0 Å². The van der Waals surface area contributed by atoms with E-state index < -0.39 is 32.6 Å². The number of benzene rings is 3. The van der Waals surface area contributed by atoms with Gasteiger partial charge in [0.1, 0.15) is 0 Å². The number of hydrogen-bond acceptors (Lipinski definition) is 5. The highest BCUT2D eigenvalue weighted by Gasteiger charge is 2.43. The molecule has 3 rings (SSSR count). The molecule has 38 heavy (non-hydrogen) atoms. The zero-order chi connectivity index (χ0) is 28.4. The van der Waals surface area contributed by atoms with E-state index in [1.54, 1.807) is 24.3 Å². The molecule has 0 atom stereocenters. The first-order chi connectivity index (χ1) is 17.5. The van der Waals surface area contributed by atoms with Gasteiger partial charge in [-0.3, -0.25) is 4.79 Å². The molecule has 5 nitrogen and oxygen atoms in total. The Bertz CT molecular complexity index is 1230. The smallest absolute Gasteiger partial charge is 0.417 e. The third-order valence-electron chi connectivity index (χ3n) is 5.82. The van der Waals surface area contributed by atoms with E-state index in [2.05, 4.69) is 39.3 Å². The summed E-state index contributed by atoms with van der Waals surface area (Å²) in [6, 6.07) is 22.1. The van der Waals surface area contributed by atoms with E-state index in [0.717, 1.165) is 16.7 Å². The van der Waals surface area contributed by atoms with Crippen molar-refractivity contribution in [2.45, 2.75) is 66.3 Å². The average Bonchev–Trinajstić information content (AvgIpc) is 2.80. The molecule has 3 aromatic rings. The molecule has 0 amide bonds. The SMILES string of the molecule is Cc1cc(CO[Si](C)(O[Si](C)(C)C)O[Si](C)(C)C)cc(C)c1C(=O)P(=O)(c1ccccc1)c1ccccc1. The summed E-state index contributed by atoms with van der Waals surface area (Å²) in [6.45, 7) is 18.9. The largest absolute Gasteiger partial charge is 0.477 e. The summed E-state index contributed by atoms with van der Waals surface area (Å²) in [5, 5.41) is 1.08. The predicted octanol–water partition coefficient (Wildman–Crippen LogP) is 7.25. The van der Waals surface area contributed by atoms with Crippen LogP contribution in [0.15, 0.2) is 72.8 Å². The Kier molecular flexibility index (Phi) is 9.41. The molecule has 0 aromatic heterocycles. The van der Waals surface area contributed by atoms with Crippen molar-refractivity contribution in [3.05, 3.63) is 95.1 Å². The van der Waals surface area contributed by atoms with Crippen LogP contribution in [0.1, 0.15) is 27.0 Å². The van der Waals surface area contributed by atoms with Gasteiger partial charge in [0.05, 0.1) is 6.61 Å². The lowest BCUT2D eigenvalue weighted by Crippen LogP contribution is -2.54. The Morgan fingerprint density at radius 3 is 1.47 bits per heavy atom. The molecule has 0 N–H and O–H groups in total. The molecule has 0 bridgehead atoms. The van der Waals surface area contributed by atoms with Crippen molar-refractivity contribution in [2.75, 3.05) is 0 Å². The predicted molar refractivity (Wildman–Crippen MR) is 165 cm³/mol. The van der Waals surface area contributed by atoms with Gasteiger partial charge in [0, 0.05) is 22.7 Å². The minimum atomic E-state index is -3.59. The van der Waals surface area contributed by atoms with Gasteiger partial charge in [-0.15, -0.1) is 0 Å². The van der Waals surface area contributed by atoms with Gasteiger partial charge in [0.2, 0.25) is 12.7 Å². The highest BCUT2D eigenvalue weighted by atomic mass is 31.2. The highest BCUT2D eigenvalue weighted by Crippen LogP contribution is 2.48. The second-order valence-corrected chi connectivity index (χ2v) is 26.5. The van der Waals surface area contributed by atoms with E-state index in [9.17, 15) is 9.36 Å². The minimum Gasteiger partial charge on any atom is -0.417 e. The van der Waals surface area contributed by atoms with E-state index >= 15 is 0 Å². The van der Waals surface area contributed by atoms with E-state index in [4.69, 9.17) is 12.7 Å². The van der Waals surface area contributed by atoms with Crippen LogP contribution in [0.4, 0.5) is 0 Å². The summed E-state index contributed by atoms with van der Waals surface area (Å²) >= 11 is 0. The van der Waals surface area contributed by atoms with Gasteiger partial charge < -0.3 is 17.2 Å². The molecule has 0 spiro atoms. The molecule has 0 heterocycles. The second kappa shape index (κ2) is 11.7. The molecule has 0 fully saturated rings. The first-order valence-corrected chi connectivity index (χ1v) is 23.7. The molecule has 0 aliphatic carbocycles. The minimum absolute atomic E-state index is 0.322. The standard InChI is InChI=1S/C29H41O5PSi3/c1-23-20-25(22-32-38(9,33-36(3,4)5)34-37(6,7)8)21-24(2)28(23)29(30)35(31,26-16-12-10-13-17-26)27-18-14-11-15-19-27/h10-21H,22H2,1-9H3. The molecular weight excluding hydrogens is 544 g/mol. The van der Waals surface area contributed by atoms with Gasteiger partial charge in [-0.1, -0.05) is 72.8 Å². The average molecular weight is 585 g/mol. The first-order valence-electron chi connectivity index (χ1n) is 12.9. The van der Waals surface area contributed by atoms with Crippen molar-refractivity contribution in [1.29, 1.82) is 0 Å². The van der Waals surface area contributed by atoms with Crippen LogP contribution in [-0.2, 0) is 23.8 Å². The monoisotopic (exact) mass is 584 g/mol. The van der Waals surface area contributed by atoms with Crippen molar-refractivity contribution in [3.63, 3.8) is 0 Å². The molecular formula is C29H41O5PSi3. The molecule has 0 saturated carbocycles. The van der Waals surface area contributed by atoms with E-state index in [-0.39, 0.29) is 5.52 Å². The zero-order valence-electron chi connectivity index (χ0n) is 24.1. The van der Waals surface area contributed by atoms with Crippen molar-refractivity contribution in [3.8, 4) is 0 Å². The van der Waals surface area contributed by atoms with Crippen molar-refractivity contribution in [2.24, 2.45) is 0 Å². The molecule has 0 unspecified atom stereocenters. The molecule has 3 aromatic carbocycles. The number of carbonyl (C=O) groups is 1. The zero-order valence-corrected chi connectivity index (χ0v) is 28.0. The summed E-state index contributed by atoms with van der Waals surface area (Å²) < 4.78 is 34.0. The summed E-state index contributed by atoms with van der Waals surface area (Å²) in [4.78, 5) is 14.1. The fourth-order valence-corrected chi connectivity index (χ4v) is 17.7. The van der Waals surface area contributed by atoms with Gasteiger partial charge in [-0.25, -0.2) is 0 Å². The molecule has 0 aliphatic heterocycles. The Hall–Kier alpha value is -1.91. The second-order valence-electron chi connectivity index (χ2n) is 11.8. The first kappa shape index (κ1) is 30.6. The van der Waals surface area contributed by atoms with Crippen molar-refractivity contribution >= 4 is 48.7 Å². The number of carbonyl (C=O) groups excluding carboxylic acids is 1. The quantitative estimate of drug-likeness (QED) is 0.176. The van der Waals surface area contributed by atoms with Gasteiger partial charge >= 0.3 is 8.80 Å². The van der Waals surface area contributed by atoms with Crippen LogP contribution in [0, 0.1) is 13.8 Å². The molecule has 0 aliphatic rings. The van der Waals surface area contributed by atoms with Crippen LogP contribution in [0.5, 0.6) is 0 Å². The number of hydrogen-bond donors (Lipinski definition) is 0. The lowest BCUT2D eigenvalue weighted by atomic mass is 10.0. The maximum absolute atomic E-state index is 14.6. The molecule has 0 saturated heterocycles. The van der Waals surface area contributed by atoms with E-state index in [1.165, 1.54) is 0 Å². The maximum Gasteiger partial charge on any atom is 0.477 e. The molecule has 0 radical (unpaired) electrons. The lowest BCUT2D eigenvalue weighted by molar-refractivity contribution is 0.107. The third kappa shape index (κ3) is 7.60. The number of aryl methyl sites for hydroxylation is 2. The maximum atomic E-state index is 14.6. The number of rotatable bonds is 11. The van der Waals surface area contributed by atoms with Gasteiger partial charge in [-0.05, 0) is 69.8 Å². The Balaban J connectivity index is 1.97.